The zero-order valence-corrected chi connectivity index (χ0v) is 19.2. The predicted molar refractivity (Wildman–Crippen MR) is 127 cm³/mol. The van der Waals surface area contributed by atoms with Crippen molar-refractivity contribution >= 4 is 17.8 Å². The fourth-order valence-corrected chi connectivity index (χ4v) is 3.70. The van der Waals surface area contributed by atoms with E-state index < -0.39 is 11.9 Å². The smallest absolute Gasteiger partial charge is 0.259 e. The van der Waals surface area contributed by atoms with Crippen LogP contribution in [0.3, 0.4) is 0 Å². The highest BCUT2D eigenvalue weighted by atomic mass is 16.5. The summed E-state index contributed by atoms with van der Waals surface area (Å²) >= 11 is 0. The van der Waals surface area contributed by atoms with E-state index in [2.05, 4.69) is 10.6 Å². The van der Waals surface area contributed by atoms with Gasteiger partial charge in [0.2, 0.25) is 0 Å². The summed E-state index contributed by atoms with van der Waals surface area (Å²) in [6.07, 6.45) is 5.01. The SMILES string of the molecule is CN(C)CCNC(=O)c1ccc(OCc2nc3c(cc2C(=O)NC(=N)N)CCCCC3)cc1. The molecule has 5 N–H and O–H groups in total. The molecule has 2 aromatic rings. The number of carbonyl (C=O) groups excluding carboxylic acids is 2. The topological polar surface area (TPSA) is 133 Å². The normalized spacial score (nSPS) is 13.1. The number of hydrogen-bond donors (Lipinski definition) is 4. The van der Waals surface area contributed by atoms with Gasteiger partial charge in [-0.2, -0.15) is 0 Å². The van der Waals surface area contributed by atoms with Crippen LogP contribution in [0.25, 0.3) is 0 Å². The van der Waals surface area contributed by atoms with Gasteiger partial charge in [0.05, 0.1) is 11.3 Å². The first kappa shape index (κ1) is 24.2. The van der Waals surface area contributed by atoms with Crippen LogP contribution in [0.5, 0.6) is 5.75 Å². The number of aromatic nitrogens is 1. The van der Waals surface area contributed by atoms with E-state index in [9.17, 15) is 9.59 Å². The van der Waals surface area contributed by atoms with Crippen LogP contribution < -0.4 is 21.1 Å². The van der Waals surface area contributed by atoms with E-state index in [1.54, 1.807) is 24.3 Å². The molecule has 2 amide bonds. The number of pyridine rings is 1. The first-order chi connectivity index (χ1) is 15.8. The third-order valence-electron chi connectivity index (χ3n) is 5.46. The third-order valence-corrected chi connectivity index (χ3v) is 5.46. The molecule has 9 heteroatoms. The van der Waals surface area contributed by atoms with Crippen molar-refractivity contribution < 1.29 is 14.3 Å². The Balaban J connectivity index is 1.71. The van der Waals surface area contributed by atoms with Crippen molar-refractivity contribution in [2.75, 3.05) is 27.2 Å². The average molecular weight is 453 g/mol. The van der Waals surface area contributed by atoms with Gasteiger partial charge in [0, 0.05) is 24.3 Å². The summed E-state index contributed by atoms with van der Waals surface area (Å²) in [6, 6.07) is 8.70. The number of hydrogen-bond acceptors (Lipinski definition) is 6. The molecule has 1 aliphatic carbocycles. The van der Waals surface area contributed by atoms with Crippen LogP contribution in [0.15, 0.2) is 30.3 Å². The zero-order chi connectivity index (χ0) is 23.8. The first-order valence-electron chi connectivity index (χ1n) is 11.2. The number of ether oxygens (including phenoxy) is 1. The Hall–Kier alpha value is -3.46. The molecule has 0 radical (unpaired) electrons. The largest absolute Gasteiger partial charge is 0.487 e. The molecule has 0 saturated carbocycles. The number of carbonyl (C=O) groups is 2. The number of nitrogens with one attached hydrogen (secondary N) is 3. The number of amides is 2. The summed E-state index contributed by atoms with van der Waals surface area (Å²) in [5, 5.41) is 12.6. The van der Waals surface area contributed by atoms with Crippen molar-refractivity contribution in [2.24, 2.45) is 5.73 Å². The van der Waals surface area contributed by atoms with Gasteiger partial charge in [0.25, 0.3) is 11.8 Å². The first-order valence-corrected chi connectivity index (χ1v) is 11.2. The van der Waals surface area contributed by atoms with Crippen molar-refractivity contribution in [2.45, 2.75) is 38.7 Å². The lowest BCUT2D eigenvalue weighted by Crippen LogP contribution is -2.36. The molecule has 0 bridgehead atoms. The Morgan fingerprint density at radius 2 is 1.85 bits per heavy atom. The number of nitrogens with two attached hydrogens (primary N) is 1. The van der Waals surface area contributed by atoms with E-state index in [0.29, 0.717) is 29.1 Å². The van der Waals surface area contributed by atoms with Gasteiger partial charge in [-0.1, -0.05) is 6.42 Å². The summed E-state index contributed by atoms with van der Waals surface area (Å²) < 4.78 is 5.89. The van der Waals surface area contributed by atoms with E-state index in [1.807, 2.05) is 25.1 Å². The van der Waals surface area contributed by atoms with Gasteiger partial charge in [-0.15, -0.1) is 0 Å². The molecule has 1 heterocycles. The number of nitrogens with zero attached hydrogens (tertiary/aromatic N) is 2. The average Bonchev–Trinajstić information content (AvgIpc) is 3.01. The van der Waals surface area contributed by atoms with Crippen molar-refractivity contribution in [1.29, 1.82) is 5.41 Å². The van der Waals surface area contributed by atoms with Crippen LogP contribution >= 0.6 is 0 Å². The maximum absolute atomic E-state index is 12.6. The molecular weight excluding hydrogens is 420 g/mol. The van der Waals surface area contributed by atoms with Crippen LogP contribution in [0.1, 0.15) is 56.9 Å². The molecular formula is C24H32N6O3. The highest BCUT2D eigenvalue weighted by molar-refractivity contribution is 6.05. The second-order valence-corrected chi connectivity index (χ2v) is 8.39. The molecule has 0 aliphatic heterocycles. The minimum atomic E-state index is -0.467. The van der Waals surface area contributed by atoms with Crippen LogP contribution in [0, 0.1) is 5.41 Å². The fraction of sp³-hybridized carbons (Fsp3) is 0.417. The summed E-state index contributed by atoms with van der Waals surface area (Å²) in [6.45, 7) is 1.42. The molecule has 1 aliphatic rings. The Bertz CT molecular complexity index is 1000. The van der Waals surface area contributed by atoms with Crippen LogP contribution in [-0.2, 0) is 19.4 Å². The Morgan fingerprint density at radius 1 is 1.12 bits per heavy atom. The summed E-state index contributed by atoms with van der Waals surface area (Å²) in [5.41, 5.74) is 8.83. The van der Waals surface area contributed by atoms with Crippen LogP contribution in [-0.4, -0.2) is 54.8 Å². The fourth-order valence-electron chi connectivity index (χ4n) is 3.70. The molecule has 9 nitrogen and oxygen atoms in total. The van der Waals surface area contributed by atoms with Crippen molar-refractivity contribution in [3.8, 4) is 5.75 Å². The van der Waals surface area contributed by atoms with Crippen molar-refractivity contribution in [3.05, 3.63) is 58.4 Å². The van der Waals surface area contributed by atoms with Gasteiger partial charge in [0.15, 0.2) is 5.96 Å². The minimum Gasteiger partial charge on any atom is -0.487 e. The molecule has 33 heavy (non-hydrogen) atoms. The predicted octanol–water partition coefficient (Wildman–Crippen LogP) is 1.84. The molecule has 0 unspecified atom stereocenters. The monoisotopic (exact) mass is 452 g/mol. The quantitative estimate of drug-likeness (QED) is 0.274. The van der Waals surface area contributed by atoms with Gasteiger partial charge < -0.3 is 20.7 Å². The van der Waals surface area contributed by atoms with Gasteiger partial charge in [-0.05, 0) is 75.7 Å². The third kappa shape index (κ3) is 7.01. The number of benzene rings is 1. The molecule has 1 aromatic heterocycles. The molecule has 1 aromatic carbocycles. The second kappa shape index (κ2) is 11.4. The minimum absolute atomic E-state index is 0.0856. The molecule has 0 saturated heterocycles. The van der Waals surface area contributed by atoms with Crippen LogP contribution in [0.4, 0.5) is 0 Å². The standard InChI is InChI=1S/C24H32N6O3/c1-30(2)13-12-27-22(31)16-8-10-18(11-9-16)33-15-21-19(23(32)29-24(25)26)14-17-6-4-3-5-7-20(17)28-21/h8-11,14H,3-7,12-13,15H2,1-2H3,(H,27,31)(H4,25,26,29,32). The highest BCUT2D eigenvalue weighted by Crippen LogP contribution is 2.23. The number of rotatable bonds is 8. The molecule has 0 spiro atoms. The second-order valence-electron chi connectivity index (χ2n) is 8.39. The maximum atomic E-state index is 12.6. The number of guanidine groups is 1. The Morgan fingerprint density at radius 3 is 2.55 bits per heavy atom. The van der Waals surface area contributed by atoms with E-state index in [0.717, 1.165) is 49.9 Å². The van der Waals surface area contributed by atoms with E-state index in [1.165, 1.54) is 0 Å². The Kier molecular flexibility index (Phi) is 8.37. The summed E-state index contributed by atoms with van der Waals surface area (Å²) in [5.74, 6) is -0.458. The van der Waals surface area contributed by atoms with Gasteiger partial charge >= 0.3 is 0 Å². The van der Waals surface area contributed by atoms with E-state index in [-0.39, 0.29) is 12.5 Å². The number of aryl methyl sites for hydroxylation is 2. The molecule has 0 atom stereocenters. The summed E-state index contributed by atoms with van der Waals surface area (Å²) in [4.78, 5) is 31.6. The van der Waals surface area contributed by atoms with E-state index >= 15 is 0 Å². The highest BCUT2D eigenvalue weighted by Gasteiger charge is 2.19. The van der Waals surface area contributed by atoms with Crippen molar-refractivity contribution in [3.63, 3.8) is 0 Å². The Labute approximate surface area is 194 Å². The van der Waals surface area contributed by atoms with Crippen LogP contribution in [0.2, 0.25) is 0 Å². The maximum Gasteiger partial charge on any atom is 0.259 e. The molecule has 0 fully saturated rings. The number of likely N-dealkylation sites (N-methyl/N-ethyl adjacent to an activating group) is 1. The lowest BCUT2D eigenvalue weighted by molar-refractivity contribution is 0.0948. The van der Waals surface area contributed by atoms with E-state index in [4.69, 9.17) is 20.9 Å². The zero-order valence-electron chi connectivity index (χ0n) is 19.2. The number of fused-ring (bicyclic) bond motifs is 1. The van der Waals surface area contributed by atoms with Gasteiger partial charge in [0.1, 0.15) is 12.4 Å². The lowest BCUT2D eigenvalue weighted by Gasteiger charge is -2.15. The summed E-state index contributed by atoms with van der Waals surface area (Å²) in [7, 11) is 3.90. The molecule has 3 rings (SSSR count). The lowest BCUT2D eigenvalue weighted by atomic mass is 10.0. The van der Waals surface area contributed by atoms with Gasteiger partial charge in [-0.25, -0.2) is 0 Å². The van der Waals surface area contributed by atoms with Gasteiger partial charge in [-0.3, -0.25) is 25.3 Å². The van der Waals surface area contributed by atoms with Crippen molar-refractivity contribution in [1.82, 2.24) is 20.5 Å². The molecule has 176 valence electrons.